The first-order valence-electron chi connectivity index (χ1n) is 7.49. The molecule has 1 aromatic rings. The molecule has 22 heavy (non-hydrogen) atoms. The highest BCUT2D eigenvalue weighted by Crippen LogP contribution is 2.39. The molecule has 1 aromatic carbocycles. The summed E-state index contributed by atoms with van der Waals surface area (Å²) < 4.78 is 5.66. The number of thioether (sulfide) groups is 1. The second-order valence-electron chi connectivity index (χ2n) is 4.98. The maximum atomic E-state index is 12.0. The first kappa shape index (κ1) is 16.4. The Hall–Kier alpha value is -1.93. The zero-order valence-electron chi connectivity index (χ0n) is 12.9. The highest BCUT2D eigenvalue weighted by Gasteiger charge is 2.31. The van der Waals surface area contributed by atoms with Crippen molar-refractivity contribution in [2.24, 2.45) is 0 Å². The monoisotopic (exact) mass is 316 g/mol. The number of benzene rings is 1. The van der Waals surface area contributed by atoms with Crippen molar-refractivity contribution < 1.29 is 9.53 Å². The third-order valence-corrected chi connectivity index (χ3v) is 4.62. The lowest BCUT2D eigenvalue weighted by Gasteiger charge is -2.26. The van der Waals surface area contributed by atoms with Gasteiger partial charge in [-0.2, -0.15) is 5.26 Å². The molecule has 0 fully saturated rings. The summed E-state index contributed by atoms with van der Waals surface area (Å²) in [7, 11) is 0. The Morgan fingerprint density at radius 2 is 2.18 bits per heavy atom. The van der Waals surface area contributed by atoms with Crippen LogP contribution in [0.1, 0.15) is 38.2 Å². The van der Waals surface area contributed by atoms with Crippen molar-refractivity contribution in [3.8, 4) is 11.8 Å². The van der Waals surface area contributed by atoms with E-state index in [2.05, 4.69) is 18.3 Å². The van der Waals surface area contributed by atoms with E-state index in [1.165, 1.54) is 11.8 Å². The molecule has 0 bridgehead atoms. The summed E-state index contributed by atoms with van der Waals surface area (Å²) in [5.41, 5.74) is 1.54. The van der Waals surface area contributed by atoms with Crippen LogP contribution in [0.25, 0.3) is 0 Å². The van der Waals surface area contributed by atoms with Crippen LogP contribution in [0.2, 0.25) is 0 Å². The van der Waals surface area contributed by atoms with Crippen molar-refractivity contribution in [3.63, 3.8) is 0 Å². The second kappa shape index (κ2) is 7.90. The fraction of sp³-hybridized carbons (Fsp3) is 0.412. The minimum atomic E-state index is -0.235. The molecule has 2 rings (SSSR count). The third-order valence-electron chi connectivity index (χ3n) is 3.40. The summed E-state index contributed by atoms with van der Waals surface area (Å²) in [6.45, 7) is 4.55. The van der Waals surface area contributed by atoms with Gasteiger partial charge in [-0.3, -0.25) is 4.79 Å². The average Bonchev–Trinajstić information content (AvgIpc) is 2.53. The Morgan fingerprint density at radius 1 is 1.41 bits per heavy atom. The second-order valence-corrected chi connectivity index (χ2v) is 6.08. The Bertz CT molecular complexity index is 619. The molecule has 0 spiro atoms. The number of hydrogen-bond acceptors (Lipinski definition) is 4. The number of hydrogen-bond donors (Lipinski definition) is 1. The summed E-state index contributed by atoms with van der Waals surface area (Å²) >= 11 is 1.54. The molecule has 1 N–H and O–H groups in total. The number of amides is 1. The van der Waals surface area contributed by atoms with E-state index in [-0.39, 0.29) is 18.2 Å². The van der Waals surface area contributed by atoms with Crippen LogP contribution in [0, 0.1) is 11.3 Å². The smallest absolute Gasteiger partial charge is 0.225 e. The van der Waals surface area contributed by atoms with Gasteiger partial charge in [-0.25, -0.2) is 0 Å². The SMILES string of the molecule is CCCSC1=C(C#N)[C@@H](c2ccccc2OCC)CC(=O)N1. The number of carbonyl (C=O) groups excluding carboxylic acids is 1. The van der Waals surface area contributed by atoms with Gasteiger partial charge in [0, 0.05) is 17.9 Å². The van der Waals surface area contributed by atoms with Gasteiger partial charge in [-0.1, -0.05) is 25.1 Å². The molecular formula is C17H20N2O2S. The van der Waals surface area contributed by atoms with Gasteiger partial charge in [0.2, 0.25) is 5.91 Å². The average molecular weight is 316 g/mol. The van der Waals surface area contributed by atoms with Crippen LogP contribution in [-0.2, 0) is 4.79 Å². The van der Waals surface area contributed by atoms with Crippen LogP contribution in [0.15, 0.2) is 34.9 Å². The van der Waals surface area contributed by atoms with E-state index in [4.69, 9.17) is 4.74 Å². The van der Waals surface area contributed by atoms with Crippen LogP contribution < -0.4 is 10.1 Å². The Kier molecular flexibility index (Phi) is 5.91. The molecule has 1 heterocycles. The highest BCUT2D eigenvalue weighted by molar-refractivity contribution is 8.03. The number of allylic oxidation sites excluding steroid dienone is 1. The number of nitrogens with one attached hydrogen (secondary N) is 1. The molecule has 0 saturated carbocycles. The molecule has 0 saturated heterocycles. The molecule has 0 unspecified atom stereocenters. The van der Waals surface area contributed by atoms with E-state index in [1.54, 1.807) is 0 Å². The first-order valence-corrected chi connectivity index (χ1v) is 8.48. The summed E-state index contributed by atoms with van der Waals surface area (Å²) in [5.74, 6) is 1.34. The van der Waals surface area contributed by atoms with Gasteiger partial charge in [0.25, 0.3) is 0 Å². The molecule has 4 nitrogen and oxygen atoms in total. The molecule has 5 heteroatoms. The zero-order valence-corrected chi connectivity index (χ0v) is 13.7. The number of carbonyl (C=O) groups is 1. The molecule has 0 aliphatic carbocycles. The van der Waals surface area contributed by atoms with Gasteiger partial charge in [-0.05, 0) is 25.2 Å². The summed E-state index contributed by atoms with van der Waals surface area (Å²) in [6.07, 6.45) is 1.27. The Labute approximate surface area is 135 Å². The highest BCUT2D eigenvalue weighted by atomic mass is 32.2. The van der Waals surface area contributed by atoms with Crippen molar-refractivity contribution in [3.05, 3.63) is 40.4 Å². The van der Waals surface area contributed by atoms with E-state index in [9.17, 15) is 10.1 Å². The number of rotatable bonds is 6. The number of para-hydroxylation sites is 1. The quantitative estimate of drug-likeness (QED) is 0.871. The van der Waals surface area contributed by atoms with E-state index >= 15 is 0 Å². The molecule has 0 aromatic heterocycles. The molecule has 1 amide bonds. The lowest BCUT2D eigenvalue weighted by atomic mass is 9.86. The predicted molar refractivity (Wildman–Crippen MR) is 88.5 cm³/mol. The van der Waals surface area contributed by atoms with Crippen LogP contribution in [-0.4, -0.2) is 18.3 Å². The number of ether oxygens (including phenoxy) is 1. The summed E-state index contributed by atoms with van der Waals surface area (Å²) in [4.78, 5) is 12.0. The maximum Gasteiger partial charge on any atom is 0.225 e. The molecule has 1 aliphatic rings. The molecule has 0 radical (unpaired) electrons. The number of nitrogens with zero attached hydrogens (tertiary/aromatic N) is 1. The first-order chi connectivity index (χ1) is 10.7. The van der Waals surface area contributed by atoms with Gasteiger partial charge in [0.05, 0.1) is 23.3 Å². The van der Waals surface area contributed by atoms with E-state index in [0.717, 1.165) is 23.5 Å². The lowest BCUT2D eigenvalue weighted by Crippen LogP contribution is -2.31. The fourth-order valence-corrected chi connectivity index (χ4v) is 3.40. The normalized spacial score (nSPS) is 17.9. The molecule has 116 valence electrons. The van der Waals surface area contributed by atoms with Crippen molar-refractivity contribution in [2.45, 2.75) is 32.6 Å². The fourth-order valence-electron chi connectivity index (χ4n) is 2.46. The largest absolute Gasteiger partial charge is 0.494 e. The summed E-state index contributed by atoms with van der Waals surface area (Å²) in [5, 5.41) is 13.1. The third kappa shape index (κ3) is 3.63. The van der Waals surface area contributed by atoms with E-state index in [0.29, 0.717) is 17.2 Å². The Balaban J connectivity index is 2.44. The van der Waals surface area contributed by atoms with Crippen LogP contribution >= 0.6 is 11.8 Å². The van der Waals surface area contributed by atoms with Crippen molar-refractivity contribution in [2.75, 3.05) is 12.4 Å². The van der Waals surface area contributed by atoms with Gasteiger partial charge in [-0.15, -0.1) is 11.8 Å². The number of nitriles is 1. The van der Waals surface area contributed by atoms with Gasteiger partial charge < -0.3 is 10.1 Å². The van der Waals surface area contributed by atoms with Gasteiger partial charge in [0.15, 0.2) is 0 Å². The van der Waals surface area contributed by atoms with Crippen LogP contribution in [0.3, 0.4) is 0 Å². The molecular weight excluding hydrogens is 296 g/mol. The van der Waals surface area contributed by atoms with Crippen molar-refractivity contribution >= 4 is 17.7 Å². The summed E-state index contributed by atoms with van der Waals surface area (Å²) in [6, 6.07) is 9.93. The van der Waals surface area contributed by atoms with Gasteiger partial charge in [0.1, 0.15) is 5.75 Å². The van der Waals surface area contributed by atoms with Gasteiger partial charge >= 0.3 is 0 Å². The predicted octanol–water partition coefficient (Wildman–Crippen LogP) is 3.57. The van der Waals surface area contributed by atoms with Crippen molar-refractivity contribution in [1.82, 2.24) is 5.32 Å². The maximum absolute atomic E-state index is 12.0. The topological polar surface area (TPSA) is 62.1 Å². The Morgan fingerprint density at radius 3 is 2.86 bits per heavy atom. The van der Waals surface area contributed by atoms with Crippen LogP contribution in [0.4, 0.5) is 0 Å². The van der Waals surface area contributed by atoms with Crippen LogP contribution in [0.5, 0.6) is 5.75 Å². The standard InChI is InChI=1S/C17H20N2O2S/c1-3-9-22-17-14(11-18)13(10-16(20)19-17)12-7-5-6-8-15(12)21-4-2/h5-8,13H,3-4,9-10H2,1-2H3,(H,19,20)/t13-/m1/s1. The zero-order chi connectivity index (χ0) is 15.9. The van der Waals surface area contributed by atoms with E-state index in [1.807, 2.05) is 31.2 Å². The van der Waals surface area contributed by atoms with Crippen molar-refractivity contribution in [1.29, 1.82) is 5.26 Å². The minimum Gasteiger partial charge on any atom is -0.494 e. The molecule has 1 aliphatic heterocycles. The minimum absolute atomic E-state index is 0.0473. The lowest BCUT2D eigenvalue weighted by molar-refractivity contribution is -0.120. The van der Waals surface area contributed by atoms with E-state index < -0.39 is 0 Å². The molecule has 1 atom stereocenters.